The van der Waals surface area contributed by atoms with Crippen molar-refractivity contribution >= 4 is 26.0 Å². The maximum atomic E-state index is 14.3. The molecule has 0 radical (unpaired) electrons. The van der Waals surface area contributed by atoms with Gasteiger partial charge in [0.2, 0.25) is 20.0 Å². The van der Waals surface area contributed by atoms with Crippen molar-refractivity contribution in [2.24, 2.45) is 0 Å². The number of carboxylic acid groups (broad SMARTS) is 1. The summed E-state index contributed by atoms with van der Waals surface area (Å²) in [6, 6.07) is 9.62. The number of carbonyl (C=O) groups is 1. The zero-order chi connectivity index (χ0) is 28.3. The van der Waals surface area contributed by atoms with Gasteiger partial charge in [0, 0.05) is 31.8 Å². The van der Waals surface area contributed by atoms with Crippen LogP contribution in [0.4, 0.5) is 17.6 Å². The SMILES string of the molecule is CCN(Cc1ccccc1CN(CC(=O)O)S(=O)(=O)c1ccc(F)cc1F)S(=O)(=O)c1ccc(F)cc1F. The molecular weight excluding hydrogens is 552 g/mol. The number of halogens is 4. The van der Waals surface area contributed by atoms with Crippen molar-refractivity contribution in [1.82, 2.24) is 8.61 Å². The molecule has 204 valence electrons. The van der Waals surface area contributed by atoms with Crippen LogP contribution in [0.15, 0.2) is 70.5 Å². The van der Waals surface area contributed by atoms with Crippen LogP contribution in [0.3, 0.4) is 0 Å². The topological polar surface area (TPSA) is 112 Å². The molecule has 0 saturated heterocycles. The average molecular weight is 575 g/mol. The summed E-state index contributed by atoms with van der Waals surface area (Å²) in [4.78, 5) is 9.75. The molecule has 38 heavy (non-hydrogen) atoms. The van der Waals surface area contributed by atoms with Crippen molar-refractivity contribution < 1.29 is 44.3 Å². The molecule has 3 aromatic carbocycles. The number of sulfonamides is 2. The summed E-state index contributed by atoms with van der Waals surface area (Å²) in [5, 5.41) is 9.31. The molecule has 0 aliphatic rings. The lowest BCUT2D eigenvalue weighted by molar-refractivity contribution is -0.137. The molecule has 0 fully saturated rings. The standard InChI is InChI=1S/C24H22F4N2O6S2/c1-2-29(37(33,34)22-9-7-18(25)11-20(22)27)13-16-5-3-4-6-17(16)14-30(15-24(31)32)38(35,36)23-10-8-19(26)12-21(23)28/h3-12H,2,13-15H2,1H3,(H,31,32). The smallest absolute Gasteiger partial charge is 0.318 e. The third kappa shape index (κ3) is 6.38. The Balaban J connectivity index is 2.00. The Hall–Kier alpha value is -3.33. The van der Waals surface area contributed by atoms with Crippen molar-refractivity contribution in [3.63, 3.8) is 0 Å². The molecule has 1 N–H and O–H groups in total. The summed E-state index contributed by atoms with van der Waals surface area (Å²) in [6.45, 7) is -0.739. The maximum Gasteiger partial charge on any atom is 0.318 e. The fourth-order valence-corrected chi connectivity index (χ4v) is 6.52. The summed E-state index contributed by atoms with van der Waals surface area (Å²) in [5.41, 5.74) is 0.415. The van der Waals surface area contributed by atoms with Crippen molar-refractivity contribution in [3.8, 4) is 0 Å². The van der Waals surface area contributed by atoms with E-state index in [4.69, 9.17) is 0 Å². The van der Waals surface area contributed by atoms with Crippen molar-refractivity contribution in [2.45, 2.75) is 29.8 Å². The lowest BCUT2D eigenvalue weighted by Gasteiger charge is -2.25. The van der Waals surface area contributed by atoms with E-state index in [0.717, 1.165) is 16.4 Å². The molecule has 0 aromatic heterocycles. The molecule has 0 amide bonds. The Morgan fingerprint density at radius 3 is 1.55 bits per heavy atom. The highest BCUT2D eigenvalue weighted by Crippen LogP contribution is 2.26. The van der Waals surface area contributed by atoms with Crippen LogP contribution in [0, 0.1) is 23.3 Å². The second kappa shape index (κ2) is 11.6. The Bertz CT molecular complexity index is 1570. The van der Waals surface area contributed by atoms with Gasteiger partial charge in [0.1, 0.15) is 39.6 Å². The van der Waals surface area contributed by atoms with Crippen LogP contribution in [-0.4, -0.2) is 49.6 Å². The summed E-state index contributed by atoms with van der Waals surface area (Å²) >= 11 is 0. The molecule has 0 unspecified atom stereocenters. The van der Waals surface area contributed by atoms with Gasteiger partial charge in [-0.15, -0.1) is 0 Å². The van der Waals surface area contributed by atoms with E-state index >= 15 is 0 Å². The van der Waals surface area contributed by atoms with Crippen LogP contribution in [0.1, 0.15) is 18.1 Å². The minimum atomic E-state index is -4.78. The number of benzene rings is 3. The van der Waals surface area contributed by atoms with Crippen LogP contribution < -0.4 is 0 Å². The van der Waals surface area contributed by atoms with Gasteiger partial charge in [-0.2, -0.15) is 8.61 Å². The molecule has 8 nitrogen and oxygen atoms in total. The molecule has 0 heterocycles. The first-order valence-corrected chi connectivity index (χ1v) is 13.8. The summed E-state index contributed by atoms with van der Waals surface area (Å²) in [7, 11) is -9.24. The molecule has 0 saturated carbocycles. The molecule has 14 heteroatoms. The van der Waals surface area contributed by atoms with E-state index in [1.807, 2.05) is 0 Å². The van der Waals surface area contributed by atoms with Crippen molar-refractivity contribution in [1.29, 1.82) is 0 Å². The Morgan fingerprint density at radius 1 is 0.737 bits per heavy atom. The Morgan fingerprint density at radius 2 is 1.16 bits per heavy atom. The zero-order valence-corrected chi connectivity index (χ0v) is 21.4. The average Bonchev–Trinajstić information content (AvgIpc) is 2.82. The molecular formula is C24H22F4N2O6S2. The van der Waals surface area contributed by atoms with E-state index in [9.17, 15) is 44.3 Å². The number of aliphatic carboxylic acids is 1. The van der Waals surface area contributed by atoms with E-state index in [1.54, 1.807) is 0 Å². The monoisotopic (exact) mass is 574 g/mol. The highest BCUT2D eigenvalue weighted by atomic mass is 32.2. The fourth-order valence-electron chi connectivity index (χ4n) is 3.64. The van der Waals surface area contributed by atoms with Gasteiger partial charge in [-0.1, -0.05) is 31.2 Å². The number of nitrogens with zero attached hydrogens (tertiary/aromatic N) is 2. The second-order valence-corrected chi connectivity index (χ2v) is 11.8. The number of hydrogen-bond acceptors (Lipinski definition) is 5. The molecule has 0 atom stereocenters. The van der Waals surface area contributed by atoms with Crippen LogP contribution in [-0.2, 0) is 37.9 Å². The van der Waals surface area contributed by atoms with Gasteiger partial charge < -0.3 is 5.11 Å². The molecule has 3 rings (SSSR count). The highest BCUT2D eigenvalue weighted by Gasteiger charge is 2.31. The number of hydrogen-bond donors (Lipinski definition) is 1. The van der Waals surface area contributed by atoms with Gasteiger partial charge in [-0.05, 0) is 35.4 Å². The van der Waals surface area contributed by atoms with E-state index in [-0.39, 0.29) is 24.2 Å². The summed E-state index contributed by atoms with van der Waals surface area (Å²) in [6.07, 6.45) is 0. The predicted octanol–water partition coefficient (Wildman–Crippen LogP) is 3.73. The minimum absolute atomic E-state index is 0.147. The van der Waals surface area contributed by atoms with E-state index in [1.165, 1.54) is 31.2 Å². The largest absolute Gasteiger partial charge is 0.480 e. The maximum absolute atomic E-state index is 14.3. The Kier molecular flexibility index (Phi) is 8.92. The summed E-state index contributed by atoms with van der Waals surface area (Å²) < 4.78 is 109. The van der Waals surface area contributed by atoms with E-state index < -0.39 is 72.2 Å². The zero-order valence-electron chi connectivity index (χ0n) is 19.8. The van der Waals surface area contributed by atoms with Gasteiger partial charge in [0.05, 0.1) is 0 Å². The number of carboxylic acids is 1. The van der Waals surface area contributed by atoms with Crippen LogP contribution in [0.2, 0.25) is 0 Å². The van der Waals surface area contributed by atoms with Crippen LogP contribution >= 0.6 is 0 Å². The first-order chi connectivity index (χ1) is 17.8. The van der Waals surface area contributed by atoms with Gasteiger partial charge >= 0.3 is 5.97 Å². The van der Waals surface area contributed by atoms with Gasteiger partial charge in [-0.25, -0.2) is 34.4 Å². The quantitative estimate of drug-likeness (QED) is 0.350. The first-order valence-electron chi connectivity index (χ1n) is 11.0. The predicted molar refractivity (Wildman–Crippen MR) is 128 cm³/mol. The number of rotatable bonds is 11. The molecule has 0 bridgehead atoms. The normalized spacial score (nSPS) is 12.3. The molecule has 0 aliphatic heterocycles. The summed E-state index contributed by atoms with van der Waals surface area (Å²) in [5.74, 6) is -6.27. The molecule has 0 aliphatic carbocycles. The lowest BCUT2D eigenvalue weighted by Crippen LogP contribution is -2.36. The van der Waals surface area contributed by atoms with Gasteiger partial charge in [-0.3, -0.25) is 4.79 Å². The highest BCUT2D eigenvalue weighted by molar-refractivity contribution is 7.89. The second-order valence-electron chi connectivity index (χ2n) is 8.02. The third-order valence-electron chi connectivity index (χ3n) is 5.50. The molecule has 3 aromatic rings. The van der Waals surface area contributed by atoms with Gasteiger partial charge in [0.25, 0.3) is 0 Å². The van der Waals surface area contributed by atoms with Crippen molar-refractivity contribution in [2.75, 3.05) is 13.1 Å². The third-order valence-corrected chi connectivity index (χ3v) is 9.28. The Labute approximate surface area is 216 Å². The van der Waals surface area contributed by atoms with Crippen molar-refractivity contribution in [3.05, 3.63) is 95.1 Å². The van der Waals surface area contributed by atoms with E-state index in [2.05, 4.69) is 0 Å². The van der Waals surface area contributed by atoms with Crippen LogP contribution in [0.25, 0.3) is 0 Å². The lowest BCUT2D eigenvalue weighted by atomic mass is 10.1. The van der Waals surface area contributed by atoms with E-state index in [0.29, 0.717) is 28.6 Å². The van der Waals surface area contributed by atoms with Gasteiger partial charge in [0.15, 0.2) is 0 Å². The first kappa shape index (κ1) is 29.2. The molecule has 0 spiro atoms. The minimum Gasteiger partial charge on any atom is -0.480 e. The van der Waals surface area contributed by atoms with Crippen LogP contribution in [0.5, 0.6) is 0 Å². The fraction of sp³-hybridized carbons (Fsp3) is 0.208.